The van der Waals surface area contributed by atoms with Crippen molar-refractivity contribution in [3.8, 4) is 17.2 Å². The largest absolute Gasteiger partial charge is 0.493 e. The molecule has 2 unspecified atom stereocenters. The number of fused-ring (bicyclic) bond motifs is 1. The van der Waals surface area contributed by atoms with E-state index in [1.165, 1.54) is 0 Å². The predicted octanol–water partition coefficient (Wildman–Crippen LogP) is 2.53. The van der Waals surface area contributed by atoms with Crippen molar-refractivity contribution in [1.29, 1.82) is 0 Å². The van der Waals surface area contributed by atoms with Crippen LogP contribution in [-0.2, 0) is 22.4 Å². The number of carbonyl (C=O) groups is 2. The Morgan fingerprint density at radius 3 is 2.32 bits per heavy atom. The zero-order valence-corrected chi connectivity index (χ0v) is 16.8. The lowest BCUT2D eigenvalue weighted by atomic mass is 9.80. The Labute approximate surface area is 165 Å². The maximum Gasteiger partial charge on any atom is 0.306 e. The van der Waals surface area contributed by atoms with Gasteiger partial charge in [0.25, 0.3) is 0 Å². The topological polar surface area (TPSA) is 85.3 Å². The molecular weight excluding hydrogens is 362 g/mol. The summed E-state index contributed by atoms with van der Waals surface area (Å²) in [6.45, 7) is 1.20. The smallest absolute Gasteiger partial charge is 0.306 e. The lowest BCUT2D eigenvalue weighted by Gasteiger charge is -2.30. The van der Waals surface area contributed by atoms with Gasteiger partial charge in [0.2, 0.25) is 11.7 Å². The third-order valence-electron chi connectivity index (χ3n) is 5.99. The molecule has 2 atom stereocenters. The van der Waals surface area contributed by atoms with Gasteiger partial charge in [-0.15, -0.1) is 0 Å². The molecule has 1 N–H and O–H groups in total. The van der Waals surface area contributed by atoms with Crippen molar-refractivity contribution in [3.05, 3.63) is 17.2 Å². The normalized spacial score (nSPS) is 22.0. The zero-order chi connectivity index (χ0) is 20.3. The number of rotatable bonds is 5. The molecule has 1 aliphatic carbocycles. The van der Waals surface area contributed by atoms with Crippen molar-refractivity contribution >= 4 is 11.9 Å². The lowest BCUT2D eigenvalue weighted by Crippen LogP contribution is -2.40. The predicted molar refractivity (Wildman–Crippen MR) is 103 cm³/mol. The van der Waals surface area contributed by atoms with E-state index in [-0.39, 0.29) is 11.8 Å². The van der Waals surface area contributed by atoms with Gasteiger partial charge in [-0.05, 0) is 43.7 Å². The highest BCUT2D eigenvalue weighted by Gasteiger charge is 2.34. The maximum atomic E-state index is 13.1. The van der Waals surface area contributed by atoms with Crippen LogP contribution < -0.4 is 14.2 Å². The Balaban J connectivity index is 1.78. The number of hydrogen-bond acceptors (Lipinski definition) is 5. The first-order valence-corrected chi connectivity index (χ1v) is 9.82. The lowest BCUT2D eigenvalue weighted by molar-refractivity contribution is -0.145. The summed E-state index contributed by atoms with van der Waals surface area (Å²) in [5, 5.41) is 9.31. The number of methoxy groups -OCH3 is 3. The van der Waals surface area contributed by atoms with Crippen LogP contribution in [0.25, 0.3) is 0 Å². The molecule has 1 aliphatic heterocycles. The van der Waals surface area contributed by atoms with Crippen LogP contribution in [0.2, 0.25) is 0 Å². The quantitative estimate of drug-likeness (QED) is 0.830. The molecule has 1 aromatic rings. The fourth-order valence-electron chi connectivity index (χ4n) is 4.49. The first-order valence-electron chi connectivity index (χ1n) is 9.82. The van der Waals surface area contributed by atoms with Gasteiger partial charge >= 0.3 is 5.97 Å². The van der Waals surface area contributed by atoms with Crippen LogP contribution in [0.5, 0.6) is 17.2 Å². The van der Waals surface area contributed by atoms with Gasteiger partial charge in [-0.25, -0.2) is 0 Å². The second-order valence-electron chi connectivity index (χ2n) is 7.51. The summed E-state index contributed by atoms with van der Waals surface area (Å²) in [6, 6.07) is 1.96. The molecule has 0 radical (unpaired) electrons. The summed E-state index contributed by atoms with van der Waals surface area (Å²) in [5.41, 5.74) is 2.14. The van der Waals surface area contributed by atoms with E-state index >= 15 is 0 Å². The fraction of sp³-hybridized carbons (Fsp3) is 0.619. The van der Waals surface area contributed by atoms with Crippen LogP contribution >= 0.6 is 0 Å². The third-order valence-corrected chi connectivity index (χ3v) is 5.99. The third kappa shape index (κ3) is 3.88. The molecule has 0 aromatic heterocycles. The first-order chi connectivity index (χ1) is 13.5. The van der Waals surface area contributed by atoms with E-state index in [1.807, 2.05) is 11.0 Å². The molecule has 1 aromatic carbocycles. The Hall–Kier alpha value is -2.44. The van der Waals surface area contributed by atoms with Crippen LogP contribution in [0.1, 0.15) is 36.8 Å². The Bertz CT molecular complexity index is 747. The van der Waals surface area contributed by atoms with E-state index < -0.39 is 11.9 Å². The van der Waals surface area contributed by atoms with Gasteiger partial charge in [0, 0.05) is 24.6 Å². The number of carboxylic acid groups (broad SMARTS) is 1. The number of aliphatic carboxylic acids is 1. The van der Waals surface area contributed by atoms with Crippen molar-refractivity contribution in [3.63, 3.8) is 0 Å². The fourth-order valence-corrected chi connectivity index (χ4v) is 4.49. The van der Waals surface area contributed by atoms with Gasteiger partial charge in [-0.3, -0.25) is 9.59 Å². The summed E-state index contributed by atoms with van der Waals surface area (Å²) in [7, 11) is 4.79. The minimum atomic E-state index is -0.787. The van der Waals surface area contributed by atoms with Gasteiger partial charge in [0.15, 0.2) is 11.5 Å². The molecule has 1 heterocycles. The standard InChI is InChI=1S/C21H29NO6/c1-26-17-12-13-7-9-22(10-8-16(13)18(27-2)19(17)28-3)20(23)14-5-4-6-15(11-14)21(24)25/h12,14-15H,4-11H2,1-3H3,(H,24,25). The van der Waals surface area contributed by atoms with E-state index in [4.69, 9.17) is 14.2 Å². The number of ether oxygens (including phenoxy) is 3. The van der Waals surface area contributed by atoms with Crippen LogP contribution in [0.4, 0.5) is 0 Å². The summed E-state index contributed by atoms with van der Waals surface area (Å²) in [6.07, 6.45) is 4.05. The highest BCUT2D eigenvalue weighted by atomic mass is 16.5. The molecular formula is C21H29NO6. The second kappa shape index (κ2) is 8.71. The SMILES string of the molecule is COc1cc2c(c(OC)c1OC)CCN(C(=O)C1CCCC(C(=O)O)C1)CC2. The van der Waals surface area contributed by atoms with Crippen molar-refractivity contribution < 1.29 is 28.9 Å². The minimum Gasteiger partial charge on any atom is -0.493 e. The zero-order valence-electron chi connectivity index (χ0n) is 16.8. The molecule has 1 fully saturated rings. The van der Waals surface area contributed by atoms with E-state index in [9.17, 15) is 14.7 Å². The highest BCUT2D eigenvalue weighted by Crippen LogP contribution is 2.43. The molecule has 0 saturated heterocycles. The molecule has 0 bridgehead atoms. The Kier molecular flexibility index (Phi) is 6.31. The number of carboxylic acids is 1. The van der Waals surface area contributed by atoms with Gasteiger partial charge in [0.05, 0.1) is 27.2 Å². The average molecular weight is 391 g/mol. The molecule has 7 heteroatoms. The number of hydrogen-bond donors (Lipinski definition) is 1. The molecule has 1 amide bonds. The van der Waals surface area contributed by atoms with Crippen molar-refractivity contribution in [2.75, 3.05) is 34.4 Å². The van der Waals surface area contributed by atoms with Crippen LogP contribution in [0.15, 0.2) is 6.07 Å². The number of nitrogens with zero attached hydrogens (tertiary/aromatic N) is 1. The van der Waals surface area contributed by atoms with E-state index in [2.05, 4.69) is 0 Å². The molecule has 154 valence electrons. The highest BCUT2D eigenvalue weighted by molar-refractivity contribution is 5.80. The maximum absolute atomic E-state index is 13.1. The minimum absolute atomic E-state index is 0.0802. The Morgan fingerprint density at radius 2 is 1.68 bits per heavy atom. The van der Waals surface area contributed by atoms with Crippen LogP contribution in [0, 0.1) is 11.8 Å². The monoisotopic (exact) mass is 391 g/mol. The first kappa shape index (κ1) is 20.3. The number of carbonyl (C=O) groups excluding carboxylic acids is 1. The van der Waals surface area contributed by atoms with E-state index in [1.54, 1.807) is 21.3 Å². The van der Waals surface area contributed by atoms with E-state index in [0.29, 0.717) is 56.0 Å². The number of benzene rings is 1. The van der Waals surface area contributed by atoms with E-state index in [0.717, 1.165) is 24.0 Å². The van der Waals surface area contributed by atoms with Gasteiger partial charge in [0.1, 0.15) is 0 Å². The van der Waals surface area contributed by atoms with Crippen molar-refractivity contribution in [1.82, 2.24) is 4.90 Å². The van der Waals surface area contributed by atoms with Crippen molar-refractivity contribution in [2.45, 2.75) is 38.5 Å². The number of amides is 1. The Morgan fingerprint density at radius 1 is 1.00 bits per heavy atom. The summed E-state index contributed by atoms with van der Waals surface area (Å²) in [5.74, 6) is 0.549. The van der Waals surface area contributed by atoms with Gasteiger partial charge in [-0.1, -0.05) is 6.42 Å². The van der Waals surface area contributed by atoms with Gasteiger partial charge in [-0.2, -0.15) is 0 Å². The molecule has 3 rings (SSSR count). The molecule has 0 spiro atoms. The summed E-state index contributed by atoms with van der Waals surface area (Å²) < 4.78 is 16.5. The van der Waals surface area contributed by atoms with Crippen LogP contribution in [-0.4, -0.2) is 56.3 Å². The molecule has 1 saturated carbocycles. The molecule has 2 aliphatic rings. The molecule has 28 heavy (non-hydrogen) atoms. The average Bonchev–Trinajstić information content (AvgIpc) is 2.94. The van der Waals surface area contributed by atoms with Crippen LogP contribution in [0.3, 0.4) is 0 Å². The summed E-state index contributed by atoms with van der Waals surface area (Å²) in [4.78, 5) is 26.3. The summed E-state index contributed by atoms with van der Waals surface area (Å²) >= 11 is 0. The molecule has 7 nitrogen and oxygen atoms in total. The second-order valence-corrected chi connectivity index (χ2v) is 7.51. The van der Waals surface area contributed by atoms with Gasteiger partial charge < -0.3 is 24.2 Å². The van der Waals surface area contributed by atoms with Crippen molar-refractivity contribution in [2.24, 2.45) is 11.8 Å².